The van der Waals surface area contributed by atoms with Crippen molar-refractivity contribution in [2.45, 2.75) is 18.5 Å². The Bertz CT molecular complexity index is 929. The minimum atomic E-state index is 0.645. The van der Waals surface area contributed by atoms with Gasteiger partial charge in [-0.3, -0.25) is 4.90 Å². The lowest BCUT2D eigenvalue weighted by Crippen LogP contribution is -2.36. The van der Waals surface area contributed by atoms with E-state index in [4.69, 9.17) is 19.4 Å². The number of hydrogen-bond donors (Lipinski definition) is 0. The largest absolute Gasteiger partial charge is 0.492 e. The van der Waals surface area contributed by atoms with Crippen LogP contribution in [0.5, 0.6) is 5.75 Å². The van der Waals surface area contributed by atoms with Crippen LogP contribution in [0.15, 0.2) is 53.6 Å². The summed E-state index contributed by atoms with van der Waals surface area (Å²) in [7, 11) is 0. The maximum Gasteiger partial charge on any atom is 0.144 e. The lowest BCUT2D eigenvalue weighted by Gasteiger charge is -2.25. The van der Waals surface area contributed by atoms with Gasteiger partial charge in [0.1, 0.15) is 16.6 Å². The van der Waals surface area contributed by atoms with Crippen molar-refractivity contribution in [1.29, 1.82) is 0 Å². The van der Waals surface area contributed by atoms with E-state index in [1.54, 1.807) is 11.8 Å². The van der Waals surface area contributed by atoms with Crippen LogP contribution in [0.2, 0.25) is 0 Å². The summed E-state index contributed by atoms with van der Waals surface area (Å²) in [6.07, 6.45) is 0. The number of hydrogen-bond acceptors (Lipinski definition) is 6. The minimum absolute atomic E-state index is 0.645. The standard InChI is InChI=1S/C22H25N3O2S/c1-17-6-2-5-9-20(17)27-14-15-28-22-18-7-3-4-8-19(18)23-21(24-22)16-25-10-12-26-13-11-25/h2-9H,10-16H2,1H3. The predicted molar refractivity (Wildman–Crippen MR) is 113 cm³/mol. The van der Waals surface area contributed by atoms with Crippen LogP contribution < -0.4 is 4.74 Å². The zero-order chi connectivity index (χ0) is 19.2. The zero-order valence-corrected chi connectivity index (χ0v) is 17.0. The molecular weight excluding hydrogens is 370 g/mol. The second-order valence-electron chi connectivity index (χ2n) is 6.81. The van der Waals surface area contributed by atoms with Crippen molar-refractivity contribution in [3.8, 4) is 5.75 Å². The topological polar surface area (TPSA) is 47.5 Å². The van der Waals surface area contributed by atoms with Crippen molar-refractivity contribution in [1.82, 2.24) is 14.9 Å². The molecule has 2 heterocycles. The average molecular weight is 396 g/mol. The predicted octanol–water partition coefficient (Wildman–Crippen LogP) is 3.94. The molecule has 0 atom stereocenters. The molecule has 0 N–H and O–H groups in total. The number of aromatic nitrogens is 2. The van der Waals surface area contributed by atoms with Gasteiger partial charge in [-0.25, -0.2) is 9.97 Å². The number of fused-ring (bicyclic) bond motifs is 1. The molecule has 1 aliphatic rings. The molecule has 0 amide bonds. The van der Waals surface area contributed by atoms with Crippen molar-refractivity contribution in [2.24, 2.45) is 0 Å². The van der Waals surface area contributed by atoms with E-state index in [0.29, 0.717) is 6.61 Å². The van der Waals surface area contributed by atoms with E-state index >= 15 is 0 Å². The molecule has 4 rings (SSSR count). The third-order valence-corrected chi connectivity index (χ3v) is 5.71. The molecule has 1 aliphatic heterocycles. The summed E-state index contributed by atoms with van der Waals surface area (Å²) in [5.41, 5.74) is 2.16. The van der Waals surface area contributed by atoms with Crippen molar-refractivity contribution in [3.05, 3.63) is 59.9 Å². The summed E-state index contributed by atoms with van der Waals surface area (Å²) in [6.45, 7) is 6.91. The molecule has 5 nitrogen and oxygen atoms in total. The fourth-order valence-corrected chi connectivity index (χ4v) is 4.10. The monoisotopic (exact) mass is 395 g/mol. The van der Waals surface area contributed by atoms with Crippen LogP contribution in [0.4, 0.5) is 0 Å². The molecule has 0 unspecified atom stereocenters. The number of thioether (sulfide) groups is 1. The number of rotatable bonds is 7. The third kappa shape index (κ3) is 4.82. The first kappa shape index (κ1) is 19.2. The Morgan fingerprint density at radius 2 is 1.82 bits per heavy atom. The van der Waals surface area contributed by atoms with Crippen LogP contribution in [-0.2, 0) is 11.3 Å². The van der Waals surface area contributed by atoms with Crippen LogP contribution in [0.1, 0.15) is 11.4 Å². The molecule has 28 heavy (non-hydrogen) atoms. The zero-order valence-electron chi connectivity index (χ0n) is 16.1. The fourth-order valence-electron chi connectivity index (χ4n) is 3.24. The first-order valence-corrected chi connectivity index (χ1v) is 10.6. The van der Waals surface area contributed by atoms with Crippen LogP contribution in [0.25, 0.3) is 10.9 Å². The molecule has 0 saturated carbocycles. The van der Waals surface area contributed by atoms with Gasteiger partial charge in [-0.05, 0) is 24.6 Å². The van der Waals surface area contributed by atoms with Crippen molar-refractivity contribution in [2.75, 3.05) is 38.7 Å². The number of para-hydroxylation sites is 2. The summed E-state index contributed by atoms with van der Waals surface area (Å²) < 4.78 is 11.4. The number of nitrogens with zero attached hydrogens (tertiary/aromatic N) is 3. The molecule has 0 aliphatic carbocycles. The fraction of sp³-hybridized carbons (Fsp3) is 0.364. The van der Waals surface area contributed by atoms with Crippen molar-refractivity contribution < 1.29 is 9.47 Å². The highest BCUT2D eigenvalue weighted by Gasteiger charge is 2.14. The highest BCUT2D eigenvalue weighted by Crippen LogP contribution is 2.26. The van der Waals surface area contributed by atoms with E-state index in [-0.39, 0.29) is 0 Å². The average Bonchev–Trinajstić information content (AvgIpc) is 2.73. The van der Waals surface area contributed by atoms with E-state index in [2.05, 4.69) is 30.0 Å². The van der Waals surface area contributed by atoms with Gasteiger partial charge in [-0.15, -0.1) is 11.8 Å². The second kappa shape index (κ2) is 9.37. The van der Waals surface area contributed by atoms with Crippen molar-refractivity contribution >= 4 is 22.7 Å². The van der Waals surface area contributed by atoms with Crippen LogP contribution in [-0.4, -0.2) is 53.5 Å². The highest BCUT2D eigenvalue weighted by molar-refractivity contribution is 7.99. The smallest absolute Gasteiger partial charge is 0.144 e. The van der Waals surface area contributed by atoms with E-state index < -0.39 is 0 Å². The molecule has 146 valence electrons. The molecular formula is C22H25N3O2S. The SMILES string of the molecule is Cc1ccccc1OCCSc1nc(CN2CCOCC2)nc2ccccc12. The maximum absolute atomic E-state index is 5.94. The van der Waals surface area contributed by atoms with E-state index in [1.807, 2.05) is 30.3 Å². The van der Waals surface area contributed by atoms with Gasteiger partial charge in [-0.1, -0.05) is 36.4 Å². The van der Waals surface area contributed by atoms with Crippen molar-refractivity contribution in [3.63, 3.8) is 0 Å². The first-order valence-electron chi connectivity index (χ1n) is 9.66. The highest BCUT2D eigenvalue weighted by atomic mass is 32.2. The van der Waals surface area contributed by atoms with Crippen LogP contribution >= 0.6 is 11.8 Å². The molecule has 6 heteroatoms. The van der Waals surface area contributed by atoms with Gasteiger partial charge in [0, 0.05) is 24.2 Å². The third-order valence-electron chi connectivity index (χ3n) is 4.76. The summed E-state index contributed by atoms with van der Waals surface area (Å²) in [4.78, 5) is 12.0. The van der Waals surface area contributed by atoms with Gasteiger partial charge in [0.15, 0.2) is 0 Å². The number of morpholine rings is 1. The van der Waals surface area contributed by atoms with Crippen LogP contribution in [0, 0.1) is 6.92 Å². The molecule has 0 bridgehead atoms. The normalized spacial score (nSPS) is 15.0. The summed E-state index contributed by atoms with van der Waals surface area (Å²) in [5.74, 6) is 2.67. The molecule has 1 saturated heterocycles. The molecule has 0 radical (unpaired) electrons. The Morgan fingerprint density at radius 1 is 1.04 bits per heavy atom. The lowest BCUT2D eigenvalue weighted by molar-refractivity contribution is 0.0330. The Balaban J connectivity index is 1.44. The molecule has 3 aromatic rings. The van der Waals surface area contributed by atoms with Gasteiger partial charge < -0.3 is 9.47 Å². The van der Waals surface area contributed by atoms with E-state index in [9.17, 15) is 0 Å². The minimum Gasteiger partial charge on any atom is -0.492 e. The van der Waals surface area contributed by atoms with Gasteiger partial charge in [0.2, 0.25) is 0 Å². The first-order chi connectivity index (χ1) is 13.8. The van der Waals surface area contributed by atoms with E-state index in [1.165, 1.54) is 0 Å². The number of benzene rings is 2. The Hall–Kier alpha value is -2.15. The Labute approximate surface area is 170 Å². The number of aryl methyl sites for hydroxylation is 1. The molecule has 1 fully saturated rings. The van der Waals surface area contributed by atoms with E-state index in [0.717, 1.165) is 71.7 Å². The molecule has 0 spiro atoms. The second-order valence-corrected chi connectivity index (χ2v) is 7.90. The summed E-state index contributed by atoms with van der Waals surface area (Å²) in [5, 5.41) is 2.14. The van der Waals surface area contributed by atoms with Gasteiger partial charge in [0.25, 0.3) is 0 Å². The number of ether oxygens (including phenoxy) is 2. The Kier molecular flexibility index (Phi) is 6.41. The van der Waals surface area contributed by atoms with Crippen LogP contribution in [0.3, 0.4) is 0 Å². The quantitative estimate of drug-likeness (QED) is 0.343. The summed E-state index contributed by atoms with van der Waals surface area (Å²) >= 11 is 1.73. The lowest BCUT2D eigenvalue weighted by atomic mass is 10.2. The van der Waals surface area contributed by atoms with Gasteiger partial charge in [-0.2, -0.15) is 0 Å². The Morgan fingerprint density at radius 3 is 2.68 bits per heavy atom. The van der Waals surface area contributed by atoms with Gasteiger partial charge >= 0.3 is 0 Å². The summed E-state index contributed by atoms with van der Waals surface area (Å²) in [6, 6.07) is 16.3. The molecule has 1 aromatic heterocycles. The maximum atomic E-state index is 5.94. The van der Waals surface area contributed by atoms with Gasteiger partial charge in [0.05, 0.1) is 31.9 Å². The molecule has 2 aromatic carbocycles.